The first-order valence-electron chi connectivity index (χ1n) is 7.13. The molecule has 2 aliphatic rings. The number of aromatic amines is 1. The fraction of sp³-hybridized carbons (Fsp3) is 0.571. The maximum Gasteiger partial charge on any atom is 0.312 e. The molecule has 1 aromatic rings. The van der Waals surface area contributed by atoms with Crippen LogP contribution in [0.3, 0.4) is 0 Å². The van der Waals surface area contributed by atoms with E-state index in [2.05, 4.69) is 31.5 Å². The minimum Gasteiger partial charge on any atom is -0.460 e. The Labute approximate surface area is 131 Å². The lowest BCUT2D eigenvalue weighted by atomic mass is 9.76. The number of carbonyl (C=O) groups excluding carboxylic acids is 2. The van der Waals surface area contributed by atoms with Crippen LogP contribution in [0.1, 0.15) is 29.6 Å². The molecule has 2 saturated heterocycles. The number of amides is 1. The fourth-order valence-electron chi connectivity index (χ4n) is 3.07. The van der Waals surface area contributed by atoms with Crippen molar-refractivity contribution in [1.82, 2.24) is 15.6 Å². The molecule has 21 heavy (non-hydrogen) atoms. The average molecular weight is 356 g/mol. The molecule has 1 amide bonds. The van der Waals surface area contributed by atoms with Crippen LogP contribution in [-0.4, -0.2) is 42.6 Å². The Morgan fingerprint density at radius 3 is 2.90 bits per heavy atom. The van der Waals surface area contributed by atoms with Crippen LogP contribution in [0.2, 0.25) is 0 Å². The van der Waals surface area contributed by atoms with E-state index in [-0.39, 0.29) is 23.4 Å². The molecule has 0 aromatic carbocycles. The Balaban J connectivity index is 1.55. The zero-order chi connectivity index (χ0) is 14.9. The second-order valence-electron chi connectivity index (χ2n) is 5.71. The van der Waals surface area contributed by atoms with Gasteiger partial charge >= 0.3 is 5.97 Å². The fourth-order valence-corrected chi connectivity index (χ4v) is 3.43. The molecule has 2 aliphatic heterocycles. The van der Waals surface area contributed by atoms with Gasteiger partial charge in [0.05, 0.1) is 22.1 Å². The second-order valence-corrected chi connectivity index (χ2v) is 6.56. The van der Waals surface area contributed by atoms with Crippen molar-refractivity contribution < 1.29 is 14.3 Å². The number of H-pyrrole nitrogens is 1. The van der Waals surface area contributed by atoms with Crippen molar-refractivity contribution in [3.63, 3.8) is 0 Å². The predicted octanol–water partition coefficient (Wildman–Crippen LogP) is 1.19. The topological polar surface area (TPSA) is 83.2 Å². The van der Waals surface area contributed by atoms with Gasteiger partial charge in [-0.05, 0) is 47.9 Å². The van der Waals surface area contributed by atoms with Crippen LogP contribution in [0.25, 0.3) is 0 Å². The molecule has 0 bridgehead atoms. The summed E-state index contributed by atoms with van der Waals surface area (Å²) >= 11 is 3.26. The van der Waals surface area contributed by atoms with E-state index in [1.165, 1.54) is 0 Å². The van der Waals surface area contributed by atoms with Crippen molar-refractivity contribution in [1.29, 1.82) is 0 Å². The summed E-state index contributed by atoms with van der Waals surface area (Å²) in [5, 5.41) is 6.08. The van der Waals surface area contributed by atoms with Crippen LogP contribution in [0, 0.1) is 5.41 Å². The van der Waals surface area contributed by atoms with Crippen LogP contribution < -0.4 is 10.6 Å². The summed E-state index contributed by atoms with van der Waals surface area (Å²) in [6.45, 7) is 2.07. The van der Waals surface area contributed by atoms with Gasteiger partial charge in [0.25, 0.3) is 5.91 Å². The molecule has 7 heteroatoms. The number of cyclic esters (lactones) is 1. The summed E-state index contributed by atoms with van der Waals surface area (Å²) < 4.78 is 6.21. The number of halogens is 1. The van der Waals surface area contributed by atoms with Crippen molar-refractivity contribution in [2.24, 2.45) is 5.41 Å². The van der Waals surface area contributed by atoms with Gasteiger partial charge in [0.15, 0.2) is 0 Å². The van der Waals surface area contributed by atoms with Crippen LogP contribution in [-0.2, 0) is 9.53 Å². The van der Waals surface area contributed by atoms with Gasteiger partial charge in [-0.25, -0.2) is 0 Å². The van der Waals surface area contributed by atoms with Crippen LogP contribution in [0.4, 0.5) is 0 Å². The number of hydrogen-bond donors (Lipinski definition) is 3. The molecule has 0 aliphatic carbocycles. The zero-order valence-electron chi connectivity index (χ0n) is 11.6. The molecule has 0 radical (unpaired) electrons. The Kier molecular flexibility index (Phi) is 4.03. The van der Waals surface area contributed by atoms with Gasteiger partial charge in [0.2, 0.25) is 0 Å². The first-order chi connectivity index (χ1) is 10.1. The van der Waals surface area contributed by atoms with Crippen LogP contribution in [0.5, 0.6) is 0 Å². The third-order valence-corrected chi connectivity index (χ3v) is 4.74. The van der Waals surface area contributed by atoms with E-state index in [0.717, 1.165) is 30.5 Å². The average Bonchev–Trinajstić information content (AvgIpc) is 3.03. The molecule has 1 spiro atoms. The maximum absolute atomic E-state index is 12.1. The molecule has 3 N–H and O–H groups in total. The van der Waals surface area contributed by atoms with Gasteiger partial charge in [-0.1, -0.05) is 0 Å². The Morgan fingerprint density at radius 1 is 1.48 bits per heavy atom. The number of ether oxygens (including phenoxy) is 1. The standard InChI is InChI=1S/C14H18BrN3O3/c15-11-5-9(7-17-11)12(19)18-8-10-6-14(13(20)21-10)1-3-16-4-2-14/h5,7,10,16-17H,1-4,6,8H2,(H,18,19). The molecule has 3 rings (SSSR count). The van der Waals surface area contributed by atoms with E-state index >= 15 is 0 Å². The normalized spacial score (nSPS) is 24.0. The number of aromatic nitrogens is 1. The predicted molar refractivity (Wildman–Crippen MR) is 79.9 cm³/mol. The minimum atomic E-state index is -0.336. The van der Waals surface area contributed by atoms with E-state index in [4.69, 9.17) is 4.74 Å². The van der Waals surface area contributed by atoms with Crippen molar-refractivity contribution in [3.8, 4) is 0 Å². The summed E-state index contributed by atoms with van der Waals surface area (Å²) in [4.78, 5) is 27.0. The van der Waals surface area contributed by atoms with Gasteiger partial charge in [-0.2, -0.15) is 0 Å². The number of carbonyl (C=O) groups is 2. The van der Waals surface area contributed by atoms with E-state index in [1.54, 1.807) is 12.3 Å². The Morgan fingerprint density at radius 2 is 2.24 bits per heavy atom. The number of piperidine rings is 1. The lowest BCUT2D eigenvalue weighted by Gasteiger charge is -2.29. The molecule has 1 aromatic heterocycles. The van der Waals surface area contributed by atoms with Gasteiger partial charge in [0.1, 0.15) is 6.10 Å². The largest absolute Gasteiger partial charge is 0.460 e. The third kappa shape index (κ3) is 2.98. The highest BCUT2D eigenvalue weighted by Gasteiger charge is 2.49. The molecule has 3 heterocycles. The quantitative estimate of drug-likeness (QED) is 0.711. The molecule has 114 valence electrons. The molecule has 1 unspecified atom stereocenters. The molecule has 0 saturated carbocycles. The zero-order valence-corrected chi connectivity index (χ0v) is 13.2. The first-order valence-corrected chi connectivity index (χ1v) is 7.92. The first kappa shape index (κ1) is 14.6. The Hall–Kier alpha value is -1.34. The highest BCUT2D eigenvalue weighted by molar-refractivity contribution is 9.10. The van der Waals surface area contributed by atoms with E-state index in [0.29, 0.717) is 18.5 Å². The van der Waals surface area contributed by atoms with Gasteiger partial charge in [-0.3, -0.25) is 9.59 Å². The monoisotopic (exact) mass is 355 g/mol. The van der Waals surface area contributed by atoms with Crippen molar-refractivity contribution in [2.75, 3.05) is 19.6 Å². The lowest BCUT2D eigenvalue weighted by Crippen LogP contribution is -2.39. The van der Waals surface area contributed by atoms with Crippen molar-refractivity contribution in [3.05, 3.63) is 22.4 Å². The number of esters is 1. The van der Waals surface area contributed by atoms with Crippen molar-refractivity contribution in [2.45, 2.75) is 25.4 Å². The highest BCUT2D eigenvalue weighted by Crippen LogP contribution is 2.41. The van der Waals surface area contributed by atoms with E-state index in [9.17, 15) is 9.59 Å². The van der Waals surface area contributed by atoms with Crippen molar-refractivity contribution >= 4 is 27.8 Å². The number of nitrogens with one attached hydrogen (secondary N) is 3. The van der Waals surface area contributed by atoms with Gasteiger partial charge in [-0.15, -0.1) is 0 Å². The van der Waals surface area contributed by atoms with Crippen LogP contribution in [0.15, 0.2) is 16.9 Å². The van der Waals surface area contributed by atoms with Gasteiger partial charge in [0, 0.05) is 12.6 Å². The minimum absolute atomic E-state index is 0.104. The third-order valence-electron chi connectivity index (χ3n) is 4.29. The molecule has 1 atom stereocenters. The van der Waals surface area contributed by atoms with E-state index < -0.39 is 0 Å². The molecular formula is C14H18BrN3O3. The summed E-state index contributed by atoms with van der Waals surface area (Å²) in [5.41, 5.74) is 0.223. The van der Waals surface area contributed by atoms with Gasteiger partial charge < -0.3 is 20.4 Å². The molecular weight excluding hydrogens is 338 g/mol. The number of hydrogen-bond acceptors (Lipinski definition) is 4. The second kappa shape index (κ2) is 5.81. The number of rotatable bonds is 3. The van der Waals surface area contributed by atoms with Crippen LogP contribution >= 0.6 is 15.9 Å². The Bertz CT molecular complexity index is 551. The summed E-state index contributed by atoms with van der Waals surface area (Å²) in [6, 6.07) is 1.71. The highest BCUT2D eigenvalue weighted by atomic mass is 79.9. The summed E-state index contributed by atoms with van der Waals surface area (Å²) in [7, 11) is 0. The maximum atomic E-state index is 12.1. The smallest absolute Gasteiger partial charge is 0.312 e. The lowest BCUT2D eigenvalue weighted by molar-refractivity contribution is -0.149. The SMILES string of the molecule is O=C(NCC1CC2(CCNCC2)C(=O)O1)c1c[nH]c(Br)c1. The molecule has 6 nitrogen and oxygen atoms in total. The summed E-state index contributed by atoms with van der Waals surface area (Å²) in [5.74, 6) is -0.271. The summed E-state index contributed by atoms with van der Waals surface area (Å²) in [6.07, 6.45) is 3.75. The molecule has 2 fully saturated rings. The van der Waals surface area contributed by atoms with E-state index in [1.807, 2.05) is 0 Å².